The highest BCUT2D eigenvalue weighted by molar-refractivity contribution is 7.13. The second-order valence-electron chi connectivity index (χ2n) is 6.67. The zero-order valence-corrected chi connectivity index (χ0v) is 16.8. The van der Waals surface area contributed by atoms with E-state index in [9.17, 15) is 0 Å². The Morgan fingerprint density at radius 1 is 1.25 bits per heavy atom. The molecule has 2 heterocycles. The van der Waals surface area contributed by atoms with E-state index in [0.29, 0.717) is 0 Å². The molecule has 1 aliphatic heterocycles. The standard InChI is InChI=1S/C18H25N3S.2ClH/c1-3-14-4-6-15(7-5-14)17-20-16(11-22-17)10-21-9-8-18(2,12-19)13-21;;/h4-7,11H,3,8-10,12-13,19H2,1-2H3;2*1H. The molecule has 134 valence electrons. The van der Waals surface area contributed by atoms with E-state index in [0.717, 1.165) is 37.6 Å². The Balaban J connectivity index is 0.00000144. The van der Waals surface area contributed by atoms with Gasteiger partial charge in [-0.05, 0) is 36.9 Å². The van der Waals surface area contributed by atoms with Crippen LogP contribution < -0.4 is 5.73 Å². The molecule has 6 heteroatoms. The topological polar surface area (TPSA) is 42.2 Å². The van der Waals surface area contributed by atoms with Crippen molar-refractivity contribution in [3.05, 3.63) is 40.9 Å². The predicted octanol–water partition coefficient (Wildman–Crippen LogP) is 4.39. The van der Waals surface area contributed by atoms with Crippen molar-refractivity contribution in [3.63, 3.8) is 0 Å². The minimum Gasteiger partial charge on any atom is -0.330 e. The predicted molar refractivity (Wildman–Crippen MR) is 108 cm³/mol. The van der Waals surface area contributed by atoms with E-state index in [1.165, 1.54) is 23.2 Å². The summed E-state index contributed by atoms with van der Waals surface area (Å²) in [6.07, 6.45) is 2.28. The van der Waals surface area contributed by atoms with Gasteiger partial charge in [-0.1, -0.05) is 38.1 Å². The fourth-order valence-corrected chi connectivity index (χ4v) is 3.87. The van der Waals surface area contributed by atoms with Gasteiger partial charge >= 0.3 is 0 Å². The van der Waals surface area contributed by atoms with Crippen LogP contribution in [-0.2, 0) is 13.0 Å². The minimum absolute atomic E-state index is 0. The molecule has 1 aliphatic rings. The van der Waals surface area contributed by atoms with Crippen molar-refractivity contribution in [2.75, 3.05) is 19.6 Å². The number of hydrogen-bond acceptors (Lipinski definition) is 4. The second kappa shape index (κ2) is 9.16. The molecule has 0 saturated carbocycles. The molecule has 3 rings (SSSR count). The van der Waals surface area contributed by atoms with Crippen LogP contribution in [0.15, 0.2) is 29.6 Å². The highest BCUT2D eigenvalue weighted by atomic mass is 35.5. The molecule has 3 nitrogen and oxygen atoms in total. The van der Waals surface area contributed by atoms with Crippen LogP contribution in [0.2, 0.25) is 0 Å². The summed E-state index contributed by atoms with van der Waals surface area (Å²) < 4.78 is 0. The van der Waals surface area contributed by atoms with Crippen molar-refractivity contribution in [2.45, 2.75) is 33.2 Å². The summed E-state index contributed by atoms with van der Waals surface area (Å²) in [4.78, 5) is 7.30. The molecular weight excluding hydrogens is 361 g/mol. The zero-order chi connectivity index (χ0) is 15.6. The maximum atomic E-state index is 5.89. The van der Waals surface area contributed by atoms with Crippen molar-refractivity contribution in [1.29, 1.82) is 0 Å². The van der Waals surface area contributed by atoms with E-state index in [1.54, 1.807) is 11.3 Å². The number of aromatic nitrogens is 1. The third-order valence-corrected chi connectivity index (χ3v) is 5.62. The van der Waals surface area contributed by atoms with E-state index in [-0.39, 0.29) is 30.2 Å². The number of benzene rings is 1. The molecule has 1 unspecified atom stereocenters. The molecule has 1 saturated heterocycles. The number of aryl methyl sites for hydroxylation is 1. The third-order valence-electron chi connectivity index (χ3n) is 4.68. The lowest BCUT2D eigenvalue weighted by atomic mass is 9.90. The lowest BCUT2D eigenvalue weighted by Crippen LogP contribution is -2.31. The summed E-state index contributed by atoms with van der Waals surface area (Å²) in [7, 11) is 0. The maximum absolute atomic E-state index is 5.89. The van der Waals surface area contributed by atoms with Gasteiger partial charge in [0.25, 0.3) is 0 Å². The lowest BCUT2D eigenvalue weighted by Gasteiger charge is -2.22. The second-order valence-corrected chi connectivity index (χ2v) is 7.53. The fourth-order valence-electron chi connectivity index (χ4n) is 3.05. The molecule has 0 bridgehead atoms. The number of nitrogens with two attached hydrogens (primary N) is 1. The Labute approximate surface area is 161 Å². The van der Waals surface area contributed by atoms with Gasteiger partial charge in [0.05, 0.1) is 5.69 Å². The first-order chi connectivity index (χ1) is 10.6. The Bertz CT molecular complexity index is 629. The molecule has 0 amide bonds. The van der Waals surface area contributed by atoms with Crippen LogP contribution in [0.1, 0.15) is 31.5 Å². The Morgan fingerprint density at radius 3 is 2.54 bits per heavy atom. The van der Waals surface area contributed by atoms with Crippen LogP contribution in [0.5, 0.6) is 0 Å². The van der Waals surface area contributed by atoms with Gasteiger partial charge in [0.2, 0.25) is 0 Å². The first-order valence-electron chi connectivity index (χ1n) is 8.08. The minimum atomic E-state index is 0. The molecule has 0 aliphatic carbocycles. The smallest absolute Gasteiger partial charge is 0.123 e. The Kier molecular flexibility index (Phi) is 8.16. The Morgan fingerprint density at radius 2 is 1.96 bits per heavy atom. The van der Waals surface area contributed by atoms with Crippen molar-refractivity contribution in [2.24, 2.45) is 11.1 Å². The fraction of sp³-hybridized carbons (Fsp3) is 0.500. The summed E-state index contributed by atoms with van der Waals surface area (Å²) in [5.74, 6) is 0. The summed E-state index contributed by atoms with van der Waals surface area (Å²) in [6, 6.07) is 8.76. The van der Waals surface area contributed by atoms with Gasteiger partial charge < -0.3 is 5.73 Å². The summed E-state index contributed by atoms with van der Waals surface area (Å²) in [6.45, 7) is 8.40. The van der Waals surface area contributed by atoms with Crippen LogP contribution in [0.25, 0.3) is 10.6 Å². The number of likely N-dealkylation sites (tertiary alicyclic amines) is 1. The SMILES string of the molecule is CCc1ccc(-c2nc(CN3CCC(C)(CN)C3)cs2)cc1.Cl.Cl. The molecular formula is C18H27Cl2N3S. The van der Waals surface area contributed by atoms with Crippen LogP contribution >= 0.6 is 36.2 Å². The molecule has 2 N–H and O–H groups in total. The number of halogens is 2. The summed E-state index contributed by atoms with van der Waals surface area (Å²) in [5, 5.41) is 3.32. The average Bonchev–Trinajstić information content (AvgIpc) is 3.16. The Hall–Kier alpha value is -0.650. The number of thiazole rings is 1. The summed E-state index contributed by atoms with van der Waals surface area (Å²) in [5.41, 5.74) is 9.95. The molecule has 0 spiro atoms. The first kappa shape index (κ1) is 21.4. The van der Waals surface area contributed by atoms with Gasteiger partial charge in [-0.3, -0.25) is 4.90 Å². The van der Waals surface area contributed by atoms with Gasteiger partial charge in [-0.25, -0.2) is 4.98 Å². The normalized spacial score (nSPS) is 20.5. The van der Waals surface area contributed by atoms with Crippen molar-refractivity contribution in [1.82, 2.24) is 9.88 Å². The van der Waals surface area contributed by atoms with Crippen molar-refractivity contribution >= 4 is 36.2 Å². The number of hydrogen-bond donors (Lipinski definition) is 1. The van der Waals surface area contributed by atoms with Crippen LogP contribution in [-0.4, -0.2) is 29.5 Å². The van der Waals surface area contributed by atoms with Crippen LogP contribution in [0, 0.1) is 5.41 Å². The molecule has 1 atom stereocenters. The first-order valence-corrected chi connectivity index (χ1v) is 8.96. The monoisotopic (exact) mass is 387 g/mol. The molecule has 1 fully saturated rings. The van der Waals surface area contributed by atoms with Crippen molar-refractivity contribution < 1.29 is 0 Å². The number of nitrogens with zero attached hydrogens (tertiary/aromatic N) is 2. The van der Waals surface area contributed by atoms with E-state index >= 15 is 0 Å². The zero-order valence-electron chi connectivity index (χ0n) is 14.3. The lowest BCUT2D eigenvalue weighted by molar-refractivity contribution is 0.272. The third kappa shape index (κ3) is 4.93. The largest absolute Gasteiger partial charge is 0.330 e. The van der Waals surface area contributed by atoms with Crippen molar-refractivity contribution in [3.8, 4) is 10.6 Å². The average molecular weight is 388 g/mol. The van der Waals surface area contributed by atoms with E-state index in [1.807, 2.05) is 0 Å². The molecule has 1 aromatic heterocycles. The molecule has 0 radical (unpaired) electrons. The maximum Gasteiger partial charge on any atom is 0.123 e. The van der Waals surface area contributed by atoms with Crippen LogP contribution in [0.4, 0.5) is 0 Å². The van der Waals surface area contributed by atoms with E-state index in [2.05, 4.69) is 48.4 Å². The van der Waals surface area contributed by atoms with Crippen LogP contribution in [0.3, 0.4) is 0 Å². The summed E-state index contributed by atoms with van der Waals surface area (Å²) >= 11 is 1.74. The number of rotatable bonds is 5. The molecule has 2 aromatic rings. The van der Waals surface area contributed by atoms with Gasteiger partial charge in [0.15, 0.2) is 0 Å². The van der Waals surface area contributed by atoms with Gasteiger partial charge in [0.1, 0.15) is 5.01 Å². The molecule has 1 aromatic carbocycles. The van der Waals surface area contributed by atoms with E-state index < -0.39 is 0 Å². The molecule has 24 heavy (non-hydrogen) atoms. The van der Waals surface area contributed by atoms with E-state index in [4.69, 9.17) is 10.7 Å². The quantitative estimate of drug-likeness (QED) is 0.826. The highest BCUT2D eigenvalue weighted by Gasteiger charge is 2.32. The van der Waals surface area contributed by atoms with Gasteiger partial charge in [-0.15, -0.1) is 36.2 Å². The van der Waals surface area contributed by atoms with Gasteiger partial charge in [-0.2, -0.15) is 0 Å². The van der Waals surface area contributed by atoms with Gasteiger partial charge in [0, 0.05) is 24.0 Å². The highest BCUT2D eigenvalue weighted by Crippen LogP contribution is 2.30.